The lowest BCUT2D eigenvalue weighted by Gasteiger charge is -2.11. The van der Waals surface area contributed by atoms with Gasteiger partial charge in [-0.25, -0.2) is 4.98 Å². The van der Waals surface area contributed by atoms with Gasteiger partial charge in [-0.2, -0.15) is 32.0 Å². The second-order valence-electron chi connectivity index (χ2n) is 19.9. The van der Waals surface area contributed by atoms with Gasteiger partial charge in [-0.3, -0.25) is 19.6 Å². The highest BCUT2D eigenvalue weighted by atomic mass is 32.1. The Kier molecular flexibility index (Phi) is 15.8. The smallest absolute Gasteiger partial charge is 0.335 e. The molecule has 0 bridgehead atoms. The standard InChI is InChI=1S/C33H21FN6O3.C32H25N5O3.O2S/c34-33-26(10-5-16-36-33)32(41)22-8-4-9-23(18-22)43-24-11-12-25-28(19-24)35-17-15-29(25)42-20-31-38-37-30-14-13-27(39-40(30)31)21-6-2-1-3-7-21;1-32(16-17-32)31(38)22-7-9-23(10-8-22)40-24-11-12-25-27(19-24)33-18-15-28(25)39-20-30-35-34-29-14-13-26(36-37(29)30)21-5-3-2-4-6-21;1-3-2/h1-19H,20H2;2-15,18-19H,16-17,20H2,1H3;. The number of ether oxygens (including phenoxy) is 4. The zero-order chi connectivity index (χ0) is 59.0. The number of ketones is 2. The van der Waals surface area contributed by atoms with Crippen molar-refractivity contribution in [2.24, 2.45) is 5.41 Å². The topological polar surface area (TPSA) is 230 Å². The second-order valence-corrected chi connectivity index (χ2v) is 20.0. The summed E-state index contributed by atoms with van der Waals surface area (Å²) in [5.41, 5.74) is 7.01. The number of rotatable bonds is 16. The average molecular weight is 1160 g/mol. The first-order chi connectivity index (χ1) is 42.1. The monoisotopic (exact) mass is 1160 g/mol. The first kappa shape index (κ1) is 55.2. The van der Waals surface area contributed by atoms with Gasteiger partial charge in [0.05, 0.1) is 28.0 Å². The second kappa shape index (κ2) is 24.6. The Hall–Kier alpha value is -11.3. The number of aromatic nitrogens is 11. The normalized spacial score (nSPS) is 12.1. The predicted octanol–water partition coefficient (Wildman–Crippen LogP) is 12.5. The van der Waals surface area contributed by atoms with Crippen molar-refractivity contribution in [3.8, 4) is 57.0 Å². The number of benzene rings is 6. The third-order valence-corrected chi connectivity index (χ3v) is 14.1. The molecule has 0 spiro atoms. The maximum Gasteiger partial charge on any atom is 0.335 e. The van der Waals surface area contributed by atoms with Gasteiger partial charge in [0.1, 0.15) is 47.7 Å². The van der Waals surface area contributed by atoms with Gasteiger partial charge < -0.3 is 18.9 Å². The van der Waals surface area contributed by atoms with Gasteiger partial charge in [-0.15, -0.1) is 20.4 Å². The fraction of sp³-hybridized carbons (Fsp3) is 0.0923. The quantitative estimate of drug-likeness (QED) is 0.0646. The summed E-state index contributed by atoms with van der Waals surface area (Å²) in [7, 11) is 0. The van der Waals surface area contributed by atoms with Crippen LogP contribution in [0.25, 0.3) is 55.6 Å². The highest BCUT2D eigenvalue weighted by Crippen LogP contribution is 2.47. The van der Waals surface area contributed by atoms with Gasteiger partial charge in [0.2, 0.25) is 5.95 Å². The molecule has 6 aromatic carbocycles. The Morgan fingerprint density at radius 3 is 1.55 bits per heavy atom. The molecule has 0 radical (unpaired) electrons. The van der Waals surface area contributed by atoms with Crippen LogP contribution >= 0.6 is 0 Å². The van der Waals surface area contributed by atoms with Gasteiger partial charge >= 0.3 is 11.6 Å². The van der Waals surface area contributed by atoms with Crippen molar-refractivity contribution < 1.29 is 41.3 Å². The van der Waals surface area contributed by atoms with E-state index < -0.39 is 23.3 Å². The molecule has 7 aromatic heterocycles. The van der Waals surface area contributed by atoms with Gasteiger partial charge in [0, 0.05) is 69.2 Å². The first-order valence-corrected chi connectivity index (χ1v) is 27.5. The van der Waals surface area contributed by atoms with Gasteiger partial charge in [-0.05, 0) is 122 Å². The minimum absolute atomic E-state index is 0.103. The molecule has 14 rings (SSSR count). The van der Waals surface area contributed by atoms with Crippen molar-refractivity contribution in [3.63, 3.8) is 0 Å². The van der Waals surface area contributed by atoms with E-state index in [1.807, 2.05) is 146 Å². The molecule has 0 aliphatic heterocycles. The van der Waals surface area contributed by atoms with Crippen LogP contribution in [0.3, 0.4) is 0 Å². The van der Waals surface area contributed by atoms with Crippen LogP contribution in [0.4, 0.5) is 4.39 Å². The lowest BCUT2D eigenvalue weighted by Crippen LogP contribution is -2.11. The minimum atomic E-state index is -0.817. The molecule has 422 valence electrons. The van der Waals surface area contributed by atoms with E-state index in [-0.39, 0.29) is 35.5 Å². The van der Waals surface area contributed by atoms with Crippen LogP contribution in [0, 0.1) is 11.4 Å². The molecular formula is C65H46FN11O8S. The molecule has 1 fully saturated rings. The van der Waals surface area contributed by atoms with E-state index in [1.165, 1.54) is 18.3 Å². The molecule has 1 aliphatic carbocycles. The predicted molar refractivity (Wildman–Crippen MR) is 316 cm³/mol. The van der Waals surface area contributed by atoms with Crippen LogP contribution in [0.2, 0.25) is 0 Å². The maximum absolute atomic E-state index is 14.0. The molecule has 0 unspecified atom stereocenters. The summed E-state index contributed by atoms with van der Waals surface area (Å²) >= 11 is -0.750. The van der Waals surface area contributed by atoms with Crippen LogP contribution in [0.1, 0.15) is 57.7 Å². The van der Waals surface area contributed by atoms with E-state index in [2.05, 4.69) is 35.3 Å². The van der Waals surface area contributed by atoms with E-state index in [0.29, 0.717) is 63.0 Å². The maximum atomic E-state index is 14.0. The number of carbonyl (C=O) groups is 2. The molecular weight excluding hydrogens is 1110 g/mol. The number of halogens is 1. The molecule has 86 heavy (non-hydrogen) atoms. The summed E-state index contributed by atoms with van der Waals surface area (Å²) in [6.07, 6.45) is 6.57. The van der Waals surface area contributed by atoms with Crippen LogP contribution in [0.15, 0.2) is 213 Å². The Balaban J connectivity index is 0.000000161. The third kappa shape index (κ3) is 12.2. The van der Waals surface area contributed by atoms with Gasteiger partial charge in [-0.1, -0.05) is 79.7 Å². The number of hydrogen-bond acceptors (Lipinski definition) is 17. The highest BCUT2D eigenvalue weighted by Gasteiger charge is 2.44. The van der Waals surface area contributed by atoms with Crippen molar-refractivity contribution in [2.45, 2.75) is 33.0 Å². The number of fused-ring (bicyclic) bond motifs is 4. The molecule has 13 aromatic rings. The van der Waals surface area contributed by atoms with Gasteiger partial charge in [0.25, 0.3) is 0 Å². The van der Waals surface area contributed by atoms with Crippen LogP contribution in [-0.2, 0) is 24.8 Å². The lowest BCUT2D eigenvalue weighted by molar-refractivity contribution is 0.0912. The fourth-order valence-corrected chi connectivity index (χ4v) is 9.36. The molecule has 0 N–H and O–H groups in total. The summed E-state index contributed by atoms with van der Waals surface area (Å²) in [6.45, 7) is 2.35. The average Bonchev–Trinajstić information content (AvgIpc) is 4.14. The molecule has 19 nitrogen and oxygen atoms in total. The Labute approximate surface area is 492 Å². The first-order valence-electron chi connectivity index (χ1n) is 26.8. The van der Waals surface area contributed by atoms with Gasteiger partial charge in [0.15, 0.2) is 34.5 Å². The summed E-state index contributed by atoms with van der Waals surface area (Å²) in [5, 5.41) is 28.1. The molecule has 0 atom stereocenters. The summed E-state index contributed by atoms with van der Waals surface area (Å²) in [4.78, 5) is 37.9. The van der Waals surface area contributed by atoms with Crippen molar-refractivity contribution in [1.29, 1.82) is 0 Å². The largest absolute Gasteiger partial charge is 0.485 e. The number of carbonyl (C=O) groups excluding carboxylic acids is 2. The summed E-state index contributed by atoms with van der Waals surface area (Å²) in [5.74, 6) is 3.56. The molecule has 1 saturated carbocycles. The fourth-order valence-electron chi connectivity index (χ4n) is 9.36. The van der Waals surface area contributed by atoms with Crippen molar-refractivity contribution in [2.75, 3.05) is 0 Å². The van der Waals surface area contributed by atoms with Crippen LogP contribution < -0.4 is 18.9 Å². The van der Waals surface area contributed by atoms with E-state index in [1.54, 1.807) is 63.9 Å². The lowest BCUT2D eigenvalue weighted by atomic mass is 9.97. The summed E-state index contributed by atoms with van der Waals surface area (Å²) in [6, 6.07) is 58.9. The van der Waals surface area contributed by atoms with Crippen molar-refractivity contribution >= 4 is 56.2 Å². The van der Waals surface area contributed by atoms with E-state index in [0.717, 1.165) is 57.2 Å². The number of pyridine rings is 3. The Bertz CT molecular complexity index is 4680. The molecule has 1 aliphatic rings. The van der Waals surface area contributed by atoms with E-state index in [9.17, 15) is 14.0 Å². The molecule has 7 heterocycles. The molecule has 0 saturated heterocycles. The number of hydrogen-bond donors (Lipinski definition) is 0. The third-order valence-electron chi connectivity index (χ3n) is 14.1. The SMILES string of the molecule is CC1(C(=O)c2ccc(Oc3ccc4c(OCc5nnc6ccc(-c7ccccc7)nn56)ccnc4c3)cc2)CC1.O=C(c1cccc(Oc2ccc3c(OCc4nnc5ccc(-c6ccccc6)nn45)ccnc3c2)c1)c1cccnc1F.O=S=O. The number of nitrogens with zero attached hydrogens (tertiary/aromatic N) is 11. The Morgan fingerprint density at radius 2 is 1.02 bits per heavy atom. The molecule has 21 heteroatoms. The van der Waals surface area contributed by atoms with Crippen molar-refractivity contribution in [3.05, 3.63) is 247 Å². The Morgan fingerprint density at radius 1 is 0.512 bits per heavy atom. The van der Waals surface area contributed by atoms with E-state index in [4.69, 9.17) is 37.6 Å². The molecule has 0 amide bonds. The highest BCUT2D eigenvalue weighted by molar-refractivity contribution is 7.51. The zero-order valence-corrected chi connectivity index (χ0v) is 46.3. The van der Waals surface area contributed by atoms with E-state index >= 15 is 0 Å². The van der Waals surface area contributed by atoms with Crippen molar-refractivity contribution in [1.82, 2.24) is 54.6 Å². The number of Topliss-reactive ketones (excluding diaryl/α,β-unsaturated/α-hetero) is 1. The minimum Gasteiger partial charge on any atom is -0.485 e. The van der Waals surface area contributed by atoms with Crippen LogP contribution in [0.5, 0.6) is 34.5 Å². The summed E-state index contributed by atoms with van der Waals surface area (Å²) < 4.78 is 58.4. The van der Waals surface area contributed by atoms with Crippen LogP contribution in [-0.4, -0.2) is 74.6 Å². The zero-order valence-electron chi connectivity index (χ0n) is 45.5.